The Kier molecular flexibility index (Phi) is 4.28. The second-order valence-electron chi connectivity index (χ2n) is 5.08. The first-order valence-electron chi connectivity index (χ1n) is 5.56. The monoisotopic (exact) mass is 239 g/mol. The highest BCUT2D eigenvalue weighted by Crippen LogP contribution is 2.19. The van der Waals surface area contributed by atoms with Gasteiger partial charge in [0, 0.05) is 6.04 Å². The summed E-state index contributed by atoms with van der Waals surface area (Å²) >= 11 is 0. The molecule has 90 valence electrons. The van der Waals surface area contributed by atoms with E-state index in [-0.39, 0.29) is 10.8 Å². The van der Waals surface area contributed by atoms with E-state index in [1.807, 2.05) is 39.8 Å². The number of hydrogen-bond donors (Lipinski definition) is 1. The number of nitrogens with one attached hydrogen (secondary N) is 1. The maximum absolute atomic E-state index is 12.0. The molecular formula is C13H21NOS. The zero-order chi connectivity index (χ0) is 12.3. The van der Waals surface area contributed by atoms with Crippen LogP contribution in [0.3, 0.4) is 0 Å². The fourth-order valence-corrected chi connectivity index (χ4v) is 2.28. The Hall–Kier alpha value is -0.670. The van der Waals surface area contributed by atoms with Crippen LogP contribution in [0.25, 0.3) is 0 Å². The molecule has 16 heavy (non-hydrogen) atoms. The molecule has 3 heteroatoms. The molecule has 1 aromatic carbocycles. The number of benzene rings is 1. The molecule has 1 N–H and O–H groups in total. The topological polar surface area (TPSA) is 29.1 Å². The first-order chi connectivity index (χ1) is 7.32. The Morgan fingerprint density at radius 2 is 1.81 bits per heavy atom. The molecule has 0 radical (unpaired) electrons. The van der Waals surface area contributed by atoms with Crippen molar-refractivity contribution in [3.8, 4) is 0 Å². The summed E-state index contributed by atoms with van der Waals surface area (Å²) in [5.74, 6) is 0. The normalized spacial score (nSPS) is 15.8. The summed E-state index contributed by atoms with van der Waals surface area (Å²) < 4.78 is 14.9. The van der Waals surface area contributed by atoms with E-state index in [1.165, 1.54) is 11.1 Å². The number of hydrogen-bond acceptors (Lipinski definition) is 1. The molecule has 0 aliphatic carbocycles. The van der Waals surface area contributed by atoms with Crippen molar-refractivity contribution in [3.63, 3.8) is 0 Å². The highest BCUT2D eigenvalue weighted by atomic mass is 32.2. The fourth-order valence-electron chi connectivity index (χ4n) is 1.47. The zero-order valence-corrected chi connectivity index (χ0v) is 11.5. The minimum atomic E-state index is -1.03. The van der Waals surface area contributed by atoms with Crippen molar-refractivity contribution in [1.29, 1.82) is 0 Å². The highest BCUT2D eigenvalue weighted by molar-refractivity contribution is 7.84. The number of aryl methyl sites for hydroxylation is 1. The van der Waals surface area contributed by atoms with Crippen LogP contribution in [0.4, 0.5) is 0 Å². The first kappa shape index (κ1) is 13.4. The average Bonchev–Trinajstić information content (AvgIpc) is 2.16. The molecule has 0 bridgehead atoms. The van der Waals surface area contributed by atoms with Crippen LogP contribution in [0.5, 0.6) is 0 Å². The van der Waals surface area contributed by atoms with Crippen LogP contribution < -0.4 is 4.72 Å². The van der Waals surface area contributed by atoms with E-state index in [1.54, 1.807) is 0 Å². The molecule has 0 aromatic heterocycles. The Morgan fingerprint density at radius 1 is 1.25 bits per heavy atom. The van der Waals surface area contributed by atoms with Gasteiger partial charge in [0.05, 0.1) is 15.7 Å². The fraction of sp³-hybridized carbons (Fsp3) is 0.538. The van der Waals surface area contributed by atoms with Crippen LogP contribution in [-0.4, -0.2) is 8.96 Å². The minimum absolute atomic E-state index is 0.112. The molecule has 2 nitrogen and oxygen atoms in total. The van der Waals surface area contributed by atoms with E-state index in [9.17, 15) is 4.21 Å². The third-order valence-corrected chi connectivity index (χ3v) is 4.17. The molecule has 1 rings (SSSR count). The van der Waals surface area contributed by atoms with Gasteiger partial charge in [-0.25, -0.2) is 8.93 Å². The average molecular weight is 239 g/mol. The van der Waals surface area contributed by atoms with Crippen molar-refractivity contribution in [3.05, 3.63) is 35.4 Å². The Balaban J connectivity index is 2.78. The van der Waals surface area contributed by atoms with Gasteiger partial charge in [0.1, 0.15) is 0 Å². The predicted octanol–water partition coefficient (Wildman–Crippen LogP) is 3.11. The van der Waals surface area contributed by atoms with Gasteiger partial charge in [0.25, 0.3) is 0 Å². The van der Waals surface area contributed by atoms with Crippen molar-refractivity contribution >= 4 is 11.0 Å². The van der Waals surface area contributed by atoms with Gasteiger partial charge in [-0.05, 0) is 45.7 Å². The van der Waals surface area contributed by atoms with Crippen LogP contribution in [0.15, 0.2) is 24.3 Å². The molecule has 0 aliphatic rings. The molecule has 2 unspecified atom stereocenters. The van der Waals surface area contributed by atoms with Crippen LogP contribution >= 0.6 is 0 Å². The van der Waals surface area contributed by atoms with E-state index in [0.717, 1.165) is 0 Å². The van der Waals surface area contributed by atoms with Gasteiger partial charge in [-0.2, -0.15) is 0 Å². The Labute approximate surface area is 101 Å². The SMILES string of the molecule is Cc1ccccc1C(C)NS(=O)C(C)(C)C. The zero-order valence-electron chi connectivity index (χ0n) is 10.7. The maximum Gasteiger partial charge on any atom is 0.0975 e. The lowest BCUT2D eigenvalue weighted by Gasteiger charge is -2.23. The summed E-state index contributed by atoms with van der Waals surface area (Å²) in [5.41, 5.74) is 2.44. The summed E-state index contributed by atoms with van der Waals surface area (Å²) in [6.07, 6.45) is 0. The quantitative estimate of drug-likeness (QED) is 0.862. The van der Waals surface area contributed by atoms with Crippen molar-refractivity contribution in [2.45, 2.75) is 45.4 Å². The molecule has 0 saturated heterocycles. The van der Waals surface area contributed by atoms with Crippen molar-refractivity contribution in [2.75, 3.05) is 0 Å². The van der Waals surface area contributed by atoms with Gasteiger partial charge in [0.2, 0.25) is 0 Å². The van der Waals surface area contributed by atoms with Crippen LogP contribution in [-0.2, 0) is 11.0 Å². The van der Waals surface area contributed by atoms with E-state index in [2.05, 4.69) is 23.8 Å². The van der Waals surface area contributed by atoms with Crippen LogP contribution in [0, 0.1) is 6.92 Å². The van der Waals surface area contributed by atoms with E-state index < -0.39 is 11.0 Å². The molecule has 0 fully saturated rings. The summed E-state index contributed by atoms with van der Waals surface area (Å²) in [6.45, 7) is 10.0. The maximum atomic E-state index is 12.0. The summed E-state index contributed by atoms with van der Waals surface area (Å²) in [6, 6.07) is 8.30. The summed E-state index contributed by atoms with van der Waals surface area (Å²) in [4.78, 5) is 0. The molecule has 1 aromatic rings. The van der Waals surface area contributed by atoms with Crippen molar-refractivity contribution in [1.82, 2.24) is 4.72 Å². The van der Waals surface area contributed by atoms with Gasteiger partial charge in [-0.15, -0.1) is 0 Å². The molecular weight excluding hydrogens is 218 g/mol. The summed E-state index contributed by atoms with van der Waals surface area (Å²) in [7, 11) is -1.03. The van der Waals surface area contributed by atoms with Crippen molar-refractivity contribution < 1.29 is 4.21 Å². The van der Waals surface area contributed by atoms with Gasteiger partial charge < -0.3 is 0 Å². The minimum Gasteiger partial charge on any atom is -0.242 e. The molecule has 0 heterocycles. The first-order valence-corrected chi connectivity index (χ1v) is 6.71. The van der Waals surface area contributed by atoms with E-state index >= 15 is 0 Å². The highest BCUT2D eigenvalue weighted by Gasteiger charge is 2.21. The van der Waals surface area contributed by atoms with Gasteiger partial charge in [-0.3, -0.25) is 0 Å². The van der Waals surface area contributed by atoms with Crippen LogP contribution in [0.2, 0.25) is 0 Å². The lowest BCUT2D eigenvalue weighted by atomic mass is 10.0. The van der Waals surface area contributed by atoms with E-state index in [0.29, 0.717) is 0 Å². The van der Waals surface area contributed by atoms with Crippen molar-refractivity contribution in [2.24, 2.45) is 0 Å². The lowest BCUT2D eigenvalue weighted by molar-refractivity contribution is 0.615. The number of rotatable bonds is 3. The second-order valence-corrected chi connectivity index (χ2v) is 7.08. The van der Waals surface area contributed by atoms with Crippen LogP contribution in [0.1, 0.15) is 44.9 Å². The van der Waals surface area contributed by atoms with E-state index in [4.69, 9.17) is 0 Å². The standard InChI is InChI=1S/C13H21NOS/c1-10-8-6-7-9-12(10)11(2)14-16(15)13(3,4)5/h6-9,11,14H,1-5H3. The molecule has 0 amide bonds. The smallest absolute Gasteiger partial charge is 0.0975 e. The molecule has 0 spiro atoms. The third kappa shape index (κ3) is 3.42. The lowest BCUT2D eigenvalue weighted by Crippen LogP contribution is -2.35. The molecule has 0 saturated carbocycles. The van der Waals surface area contributed by atoms with Gasteiger partial charge in [-0.1, -0.05) is 24.3 Å². The largest absolute Gasteiger partial charge is 0.242 e. The second kappa shape index (κ2) is 5.11. The van der Waals surface area contributed by atoms with Gasteiger partial charge >= 0.3 is 0 Å². The molecule has 0 aliphatic heterocycles. The predicted molar refractivity (Wildman–Crippen MR) is 70.6 cm³/mol. The molecule has 2 atom stereocenters. The Bertz CT molecular complexity index is 382. The third-order valence-electron chi connectivity index (χ3n) is 2.49. The van der Waals surface area contributed by atoms with Gasteiger partial charge in [0.15, 0.2) is 0 Å². The summed E-state index contributed by atoms with van der Waals surface area (Å²) in [5, 5.41) is 0. The Morgan fingerprint density at radius 3 is 2.31 bits per heavy atom.